The maximum absolute atomic E-state index is 11.5. The van der Waals surface area contributed by atoms with Gasteiger partial charge in [-0.1, -0.05) is 13.8 Å². The Morgan fingerprint density at radius 1 is 0.900 bits per heavy atom. The minimum atomic E-state index is -0.395. The predicted octanol–water partition coefficient (Wildman–Crippen LogP) is 1.21. The standard InChI is InChI=1S/C14H22O6/c1-3-5-11(15)19-9-7-17-14-10(8-18-13(9)14)20-12(16)6-4-2/h9-10,13-14H,3-8H2,1-2H3/t9-,10+,13-,14-/m1/s1. The van der Waals surface area contributed by atoms with Gasteiger partial charge >= 0.3 is 11.9 Å². The van der Waals surface area contributed by atoms with Crippen molar-refractivity contribution in [2.24, 2.45) is 0 Å². The molecule has 0 unspecified atom stereocenters. The molecular weight excluding hydrogens is 264 g/mol. The van der Waals surface area contributed by atoms with Crippen molar-refractivity contribution in [3.63, 3.8) is 0 Å². The van der Waals surface area contributed by atoms with Gasteiger partial charge in [-0.15, -0.1) is 0 Å². The van der Waals surface area contributed by atoms with Crippen LogP contribution in [0.5, 0.6) is 0 Å². The summed E-state index contributed by atoms with van der Waals surface area (Å²) in [6.45, 7) is 4.44. The maximum atomic E-state index is 11.5. The molecule has 0 aliphatic carbocycles. The molecule has 6 nitrogen and oxygen atoms in total. The second-order valence-corrected chi connectivity index (χ2v) is 5.15. The summed E-state index contributed by atoms with van der Waals surface area (Å²) in [5.41, 5.74) is 0. The Kier molecular flexibility index (Phi) is 5.37. The zero-order valence-electron chi connectivity index (χ0n) is 12.0. The molecule has 0 amide bonds. The van der Waals surface area contributed by atoms with Crippen LogP contribution < -0.4 is 0 Å². The van der Waals surface area contributed by atoms with Gasteiger partial charge in [-0.05, 0) is 12.8 Å². The molecule has 0 bridgehead atoms. The molecule has 114 valence electrons. The predicted molar refractivity (Wildman–Crippen MR) is 69.1 cm³/mol. The summed E-state index contributed by atoms with van der Waals surface area (Å²) in [5.74, 6) is -0.478. The first-order valence-corrected chi connectivity index (χ1v) is 7.27. The largest absolute Gasteiger partial charge is 0.457 e. The topological polar surface area (TPSA) is 71.1 Å². The van der Waals surface area contributed by atoms with Gasteiger partial charge in [-0.3, -0.25) is 9.59 Å². The van der Waals surface area contributed by atoms with Crippen molar-refractivity contribution in [1.29, 1.82) is 0 Å². The first-order valence-electron chi connectivity index (χ1n) is 7.27. The zero-order valence-corrected chi connectivity index (χ0v) is 12.0. The lowest BCUT2D eigenvalue weighted by atomic mass is 10.1. The van der Waals surface area contributed by atoms with Crippen LogP contribution in [0.3, 0.4) is 0 Å². The van der Waals surface area contributed by atoms with Crippen LogP contribution in [0.25, 0.3) is 0 Å². The van der Waals surface area contributed by atoms with Crippen molar-refractivity contribution in [2.45, 2.75) is 63.9 Å². The van der Waals surface area contributed by atoms with Crippen LogP contribution in [0, 0.1) is 0 Å². The fourth-order valence-electron chi connectivity index (χ4n) is 2.49. The molecule has 0 N–H and O–H groups in total. The number of carbonyl (C=O) groups excluding carboxylic acids is 2. The van der Waals surface area contributed by atoms with Crippen LogP contribution in [0.4, 0.5) is 0 Å². The van der Waals surface area contributed by atoms with Crippen molar-refractivity contribution in [2.75, 3.05) is 13.2 Å². The van der Waals surface area contributed by atoms with Crippen molar-refractivity contribution in [1.82, 2.24) is 0 Å². The molecule has 0 aromatic rings. The molecular formula is C14H22O6. The molecule has 2 fully saturated rings. The summed E-state index contributed by atoms with van der Waals surface area (Å²) in [4.78, 5) is 23.0. The van der Waals surface area contributed by atoms with Crippen LogP contribution in [-0.4, -0.2) is 49.6 Å². The Morgan fingerprint density at radius 2 is 1.30 bits per heavy atom. The second-order valence-electron chi connectivity index (χ2n) is 5.15. The number of hydrogen-bond acceptors (Lipinski definition) is 6. The fraction of sp³-hybridized carbons (Fsp3) is 0.857. The van der Waals surface area contributed by atoms with E-state index in [4.69, 9.17) is 18.9 Å². The highest BCUT2D eigenvalue weighted by atomic mass is 16.7. The minimum absolute atomic E-state index is 0.239. The average Bonchev–Trinajstić information content (AvgIpc) is 2.95. The van der Waals surface area contributed by atoms with E-state index < -0.39 is 12.2 Å². The Bertz CT molecular complexity index is 322. The number of hydrogen-bond donors (Lipinski definition) is 0. The molecule has 0 aromatic carbocycles. The first kappa shape index (κ1) is 15.3. The van der Waals surface area contributed by atoms with Gasteiger partial charge in [0, 0.05) is 12.8 Å². The summed E-state index contributed by atoms with van der Waals surface area (Å²) < 4.78 is 21.8. The van der Waals surface area contributed by atoms with Gasteiger partial charge in [0.25, 0.3) is 0 Å². The molecule has 2 rings (SSSR count). The second kappa shape index (κ2) is 7.04. The maximum Gasteiger partial charge on any atom is 0.306 e. The monoisotopic (exact) mass is 286 g/mol. The number of ether oxygens (including phenoxy) is 4. The van der Waals surface area contributed by atoms with E-state index in [0.29, 0.717) is 26.1 Å². The Hall–Kier alpha value is -1.14. The van der Waals surface area contributed by atoms with Crippen molar-refractivity contribution >= 4 is 11.9 Å². The van der Waals surface area contributed by atoms with E-state index in [1.54, 1.807) is 0 Å². The molecule has 2 aliphatic rings. The first-order chi connectivity index (χ1) is 9.65. The van der Waals surface area contributed by atoms with Gasteiger partial charge in [-0.25, -0.2) is 0 Å². The lowest BCUT2D eigenvalue weighted by molar-refractivity contribution is -0.155. The minimum Gasteiger partial charge on any atom is -0.457 e. The quantitative estimate of drug-likeness (QED) is 0.683. The molecule has 6 heteroatoms. The van der Waals surface area contributed by atoms with Crippen LogP contribution in [0.2, 0.25) is 0 Å². The smallest absolute Gasteiger partial charge is 0.306 e. The number of carbonyl (C=O) groups is 2. The van der Waals surface area contributed by atoms with Gasteiger partial charge < -0.3 is 18.9 Å². The average molecular weight is 286 g/mol. The Morgan fingerprint density at radius 3 is 1.65 bits per heavy atom. The van der Waals surface area contributed by atoms with Crippen LogP contribution in [0.1, 0.15) is 39.5 Å². The van der Waals surface area contributed by atoms with E-state index in [9.17, 15) is 9.59 Å². The van der Waals surface area contributed by atoms with E-state index in [1.165, 1.54) is 0 Å². The molecule has 0 saturated carbocycles. The molecule has 0 spiro atoms. The van der Waals surface area contributed by atoms with Crippen LogP contribution >= 0.6 is 0 Å². The molecule has 0 aromatic heterocycles. The highest BCUT2D eigenvalue weighted by Gasteiger charge is 2.51. The molecule has 2 aliphatic heterocycles. The van der Waals surface area contributed by atoms with Gasteiger partial charge in [-0.2, -0.15) is 0 Å². The fourth-order valence-corrected chi connectivity index (χ4v) is 2.49. The van der Waals surface area contributed by atoms with Crippen LogP contribution in [0.15, 0.2) is 0 Å². The zero-order chi connectivity index (χ0) is 14.5. The van der Waals surface area contributed by atoms with Crippen molar-refractivity contribution in [3.05, 3.63) is 0 Å². The van der Waals surface area contributed by atoms with Crippen LogP contribution in [-0.2, 0) is 28.5 Å². The van der Waals surface area contributed by atoms with E-state index in [2.05, 4.69) is 0 Å². The highest BCUT2D eigenvalue weighted by Crippen LogP contribution is 2.31. The Balaban J connectivity index is 1.84. The van der Waals surface area contributed by atoms with Gasteiger partial charge in [0.15, 0.2) is 12.2 Å². The lowest BCUT2D eigenvalue weighted by Crippen LogP contribution is -2.35. The molecule has 4 atom stereocenters. The summed E-state index contributed by atoms with van der Waals surface area (Å²) in [7, 11) is 0. The lowest BCUT2D eigenvalue weighted by Gasteiger charge is -2.17. The number of fused-ring (bicyclic) bond motifs is 1. The Labute approximate surface area is 118 Å². The van der Waals surface area contributed by atoms with E-state index in [1.807, 2.05) is 13.8 Å². The summed E-state index contributed by atoms with van der Waals surface area (Å²) in [6.07, 6.45) is 0.844. The molecule has 20 heavy (non-hydrogen) atoms. The van der Waals surface area contributed by atoms with E-state index in [-0.39, 0.29) is 24.1 Å². The van der Waals surface area contributed by atoms with Gasteiger partial charge in [0.2, 0.25) is 0 Å². The molecule has 2 heterocycles. The van der Waals surface area contributed by atoms with Gasteiger partial charge in [0.05, 0.1) is 13.2 Å². The van der Waals surface area contributed by atoms with Crippen molar-refractivity contribution in [3.8, 4) is 0 Å². The third-order valence-electron chi connectivity index (χ3n) is 3.44. The summed E-state index contributed by atoms with van der Waals surface area (Å²) in [5, 5.41) is 0. The summed E-state index contributed by atoms with van der Waals surface area (Å²) >= 11 is 0. The SMILES string of the molecule is CCCC(=O)O[C@H]1CO[C@H]2[C@@H]1OC[C@H]2OC(=O)CCC. The third-order valence-corrected chi connectivity index (χ3v) is 3.44. The summed E-state index contributed by atoms with van der Waals surface area (Å²) in [6, 6.07) is 0. The number of esters is 2. The third kappa shape index (κ3) is 3.49. The van der Waals surface area contributed by atoms with Crippen molar-refractivity contribution < 1.29 is 28.5 Å². The normalized spacial score (nSPS) is 31.9. The van der Waals surface area contributed by atoms with Gasteiger partial charge in [0.1, 0.15) is 12.2 Å². The molecule has 2 saturated heterocycles. The number of rotatable bonds is 6. The molecule has 0 radical (unpaired) electrons. The van der Waals surface area contributed by atoms with E-state index >= 15 is 0 Å². The highest BCUT2D eigenvalue weighted by molar-refractivity contribution is 5.70. The van der Waals surface area contributed by atoms with E-state index in [0.717, 1.165) is 12.8 Å².